The van der Waals surface area contributed by atoms with E-state index in [0.29, 0.717) is 29.0 Å². The molecule has 0 radical (unpaired) electrons. The number of hydrogen-bond acceptors (Lipinski definition) is 0. The standard InChI is InChI=1S/C39H47F3/c1-3-5-7-8-9-10-11-13-15-33-24-27-36(39(42)38(33)41)32-22-20-31(21-23-32)35-26-25-34(28-37(35)40)30-18-16-29(17-19-30)14-12-6-4-2/h4,6,18,20-29H,3,5,7-17,19H2,1-2H3. The van der Waals surface area contributed by atoms with Gasteiger partial charge in [-0.2, -0.15) is 0 Å². The number of halogens is 3. The average Bonchev–Trinajstić information content (AvgIpc) is 3.01. The van der Waals surface area contributed by atoms with Gasteiger partial charge < -0.3 is 0 Å². The van der Waals surface area contributed by atoms with Gasteiger partial charge in [-0.15, -0.1) is 0 Å². The van der Waals surface area contributed by atoms with Gasteiger partial charge in [-0.25, -0.2) is 13.2 Å². The van der Waals surface area contributed by atoms with Crippen LogP contribution in [0.3, 0.4) is 0 Å². The Morgan fingerprint density at radius 3 is 2.02 bits per heavy atom. The van der Waals surface area contributed by atoms with Gasteiger partial charge in [0, 0.05) is 11.1 Å². The summed E-state index contributed by atoms with van der Waals surface area (Å²) in [6.45, 7) is 4.27. The fraction of sp³-hybridized carbons (Fsp3) is 0.436. The first-order valence-corrected chi connectivity index (χ1v) is 16.2. The van der Waals surface area contributed by atoms with Crippen LogP contribution in [0.25, 0.3) is 27.8 Å². The number of aryl methyl sites for hydroxylation is 1. The second kappa shape index (κ2) is 16.5. The minimum atomic E-state index is -0.805. The van der Waals surface area contributed by atoms with E-state index in [-0.39, 0.29) is 11.4 Å². The molecule has 3 aromatic carbocycles. The first-order valence-electron chi connectivity index (χ1n) is 16.2. The molecule has 3 aromatic rings. The monoisotopic (exact) mass is 572 g/mol. The minimum Gasteiger partial charge on any atom is -0.206 e. The molecule has 0 N–H and O–H groups in total. The Bertz CT molecular complexity index is 1330. The molecular formula is C39H47F3. The summed E-state index contributed by atoms with van der Waals surface area (Å²) in [6, 6.07) is 15.9. The maximum absolute atomic E-state index is 15.2. The van der Waals surface area contributed by atoms with Gasteiger partial charge in [0.1, 0.15) is 5.82 Å². The molecule has 42 heavy (non-hydrogen) atoms. The van der Waals surface area contributed by atoms with Crippen LogP contribution in [0.1, 0.15) is 108 Å². The van der Waals surface area contributed by atoms with Gasteiger partial charge in [-0.05, 0) is 91.7 Å². The van der Waals surface area contributed by atoms with Crippen LogP contribution in [0.5, 0.6) is 0 Å². The van der Waals surface area contributed by atoms with Crippen molar-refractivity contribution in [3.63, 3.8) is 0 Å². The molecule has 3 heteroatoms. The Labute approximate surface area is 251 Å². The third kappa shape index (κ3) is 8.72. The van der Waals surface area contributed by atoms with E-state index < -0.39 is 11.6 Å². The Hall–Kier alpha value is -3.07. The lowest BCUT2D eigenvalue weighted by Gasteiger charge is -2.22. The maximum Gasteiger partial charge on any atom is 0.166 e. The van der Waals surface area contributed by atoms with E-state index in [1.54, 1.807) is 42.5 Å². The van der Waals surface area contributed by atoms with Crippen LogP contribution in [0, 0.1) is 23.4 Å². The summed E-state index contributed by atoms with van der Waals surface area (Å²) >= 11 is 0. The summed E-state index contributed by atoms with van der Waals surface area (Å²) in [5, 5.41) is 0. The van der Waals surface area contributed by atoms with Crippen molar-refractivity contribution in [2.24, 2.45) is 5.92 Å². The Balaban J connectivity index is 1.35. The lowest BCUT2D eigenvalue weighted by Crippen LogP contribution is -2.05. The topological polar surface area (TPSA) is 0 Å². The van der Waals surface area contributed by atoms with E-state index in [2.05, 4.69) is 32.1 Å². The number of hydrogen-bond donors (Lipinski definition) is 0. The van der Waals surface area contributed by atoms with Gasteiger partial charge in [0.05, 0.1) is 0 Å². The van der Waals surface area contributed by atoms with Crippen molar-refractivity contribution in [1.29, 1.82) is 0 Å². The highest BCUT2D eigenvalue weighted by molar-refractivity contribution is 5.74. The minimum absolute atomic E-state index is 0.239. The molecule has 0 fully saturated rings. The fourth-order valence-corrected chi connectivity index (χ4v) is 6.14. The van der Waals surface area contributed by atoms with Crippen LogP contribution in [0.15, 0.2) is 72.8 Å². The van der Waals surface area contributed by atoms with Crippen LogP contribution in [0.4, 0.5) is 13.2 Å². The summed E-state index contributed by atoms with van der Waals surface area (Å²) in [5.74, 6) is -1.11. The van der Waals surface area contributed by atoms with Crippen molar-refractivity contribution in [2.75, 3.05) is 0 Å². The maximum atomic E-state index is 15.2. The summed E-state index contributed by atoms with van der Waals surface area (Å²) in [6.07, 6.45) is 22.0. The Morgan fingerprint density at radius 2 is 1.38 bits per heavy atom. The lowest BCUT2D eigenvalue weighted by atomic mass is 9.84. The molecule has 1 aliphatic carbocycles. The molecule has 0 amide bonds. The molecule has 224 valence electrons. The van der Waals surface area contributed by atoms with Gasteiger partial charge in [-0.1, -0.05) is 119 Å². The molecule has 0 saturated heterocycles. The molecule has 0 saturated carbocycles. The highest BCUT2D eigenvalue weighted by atomic mass is 19.2. The van der Waals surface area contributed by atoms with Gasteiger partial charge in [0.25, 0.3) is 0 Å². The molecule has 1 unspecified atom stereocenters. The zero-order valence-corrected chi connectivity index (χ0v) is 25.5. The van der Waals surface area contributed by atoms with Crippen molar-refractivity contribution < 1.29 is 13.2 Å². The van der Waals surface area contributed by atoms with Crippen molar-refractivity contribution in [2.45, 2.75) is 104 Å². The van der Waals surface area contributed by atoms with Crippen molar-refractivity contribution >= 4 is 5.57 Å². The molecule has 4 rings (SSSR count). The van der Waals surface area contributed by atoms with Gasteiger partial charge in [0.2, 0.25) is 0 Å². The van der Waals surface area contributed by atoms with E-state index in [1.807, 2.05) is 12.1 Å². The molecule has 0 bridgehead atoms. The number of allylic oxidation sites excluding steroid dienone is 4. The highest BCUT2D eigenvalue weighted by Gasteiger charge is 2.17. The summed E-state index contributed by atoms with van der Waals surface area (Å²) in [7, 11) is 0. The van der Waals surface area contributed by atoms with Crippen molar-refractivity contribution in [1.82, 2.24) is 0 Å². The van der Waals surface area contributed by atoms with Gasteiger partial charge in [0.15, 0.2) is 11.6 Å². The third-order valence-electron chi connectivity index (χ3n) is 8.81. The smallest absolute Gasteiger partial charge is 0.166 e. The lowest BCUT2D eigenvalue weighted by molar-refractivity contribution is 0.454. The first-order chi connectivity index (χ1) is 20.5. The zero-order chi connectivity index (χ0) is 29.7. The Kier molecular flexibility index (Phi) is 12.5. The quantitative estimate of drug-likeness (QED) is 0.125. The van der Waals surface area contributed by atoms with Crippen LogP contribution < -0.4 is 0 Å². The third-order valence-corrected chi connectivity index (χ3v) is 8.81. The molecule has 0 nitrogen and oxygen atoms in total. The zero-order valence-electron chi connectivity index (χ0n) is 25.5. The summed E-state index contributed by atoms with van der Waals surface area (Å²) in [5.41, 5.74) is 4.67. The second-order valence-corrected chi connectivity index (χ2v) is 11.9. The summed E-state index contributed by atoms with van der Waals surface area (Å²) < 4.78 is 45.2. The molecule has 0 aliphatic heterocycles. The predicted molar refractivity (Wildman–Crippen MR) is 173 cm³/mol. The molecule has 1 atom stereocenters. The number of unbranched alkanes of at least 4 members (excludes halogenated alkanes) is 7. The largest absolute Gasteiger partial charge is 0.206 e. The van der Waals surface area contributed by atoms with Gasteiger partial charge >= 0.3 is 0 Å². The summed E-state index contributed by atoms with van der Waals surface area (Å²) in [4.78, 5) is 0. The fourth-order valence-electron chi connectivity index (χ4n) is 6.14. The average molecular weight is 573 g/mol. The number of benzene rings is 3. The SMILES string of the molecule is CC=CCCC1CC=C(c2ccc(-c3ccc(-c4ccc(CCCCCCCCCC)c(F)c4F)cc3)c(F)c2)CC1. The van der Waals surface area contributed by atoms with E-state index in [0.717, 1.165) is 56.1 Å². The van der Waals surface area contributed by atoms with E-state index in [1.165, 1.54) is 44.1 Å². The van der Waals surface area contributed by atoms with Crippen LogP contribution in [-0.2, 0) is 6.42 Å². The van der Waals surface area contributed by atoms with Crippen LogP contribution in [0.2, 0.25) is 0 Å². The van der Waals surface area contributed by atoms with Crippen molar-refractivity contribution in [3.8, 4) is 22.3 Å². The van der Waals surface area contributed by atoms with E-state index in [9.17, 15) is 4.39 Å². The molecule has 0 heterocycles. The van der Waals surface area contributed by atoms with Crippen LogP contribution >= 0.6 is 0 Å². The second-order valence-electron chi connectivity index (χ2n) is 11.9. The van der Waals surface area contributed by atoms with E-state index in [4.69, 9.17) is 0 Å². The van der Waals surface area contributed by atoms with E-state index >= 15 is 8.78 Å². The molecule has 0 aromatic heterocycles. The predicted octanol–water partition coefficient (Wildman–Crippen LogP) is 12.7. The molecule has 1 aliphatic rings. The molecular weight excluding hydrogens is 525 g/mol. The van der Waals surface area contributed by atoms with Crippen molar-refractivity contribution in [3.05, 3.63) is 101 Å². The first kappa shape index (κ1) is 31.9. The normalized spacial score (nSPS) is 15.4. The highest BCUT2D eigenvalue weighted by Crippen LogP contribution is 2.35. The number of rotatable bonds is 15. The Morgan fingerprint density at radius 1 is 0.738 bits per heavy atom. The molecule has 0 spiro atoms. The van der Waals surface area contributed by atoms with Crippen LogP contribution in [-0.4, -0.2) is 0 Å². The van der Waals surface area contributed by atoms with Gasteiger partial charge in [-0.3, -0.25) is 0 Å².